The molecule has 1 aliphatic rings. The largest absolute Gasteiger partial charge is 0.497 e. The Hall–Kier alpha value is -2.54. The molecule has 0 bridgehead atoms. The molecular formula is C20H29N5O2. The molecule has 0 aliphatic carbocycles. The van der Waals surface area contributed by atoms with Gasteiger partial charge in [-0.3, -0.25) is 4.90 Å². The summed E-state index contributed by atoms with van der Waals surface area (Å²) in [5, 5.41) is 2.98. The summed E-state index contributed by atoms with van der Waals surface area (Å²) in [6, 6.07) is 7.76. The molecule has 146 valence electrons. The second-order valence-corrected chi connectivity index (χ2v) is 7.28. The van der Waals surface area contributed by atoms with E-state index in [1.165, 1.54) is 0 Å². The van der Waals surface area contributed by atoms with E-state index in [1.54, 1.807) is 7.11 Å². The van der Waals surface area contributed by atoms with Crippen LogP contribution in [-0.4, -0.2) is 52.1 Å². The van der Waals surface area contributed by atoms with Crippen LogP contribution in [0.1, 0.15) is 31.7 Å². The SMILES string of the molecule is COc1cccc(NC(=O)N2CCCn3cnc(CN(C)C(C)C)c3C2)c1. The number of urea groups is 1. The number of carbonyl (C=O) groups excluding carboxylic acids is 1. The Balaban J connectivity index is 1.73. The maximum absolute atomic E-state index is 12.8. The zero-order chi connectivity index (χ0) is 19.4. The first-order chi connectivity index (χ1) is 13.0. The smallest absolute Gasteiger partial charge is 0.322 e. The zero-order valence-electron chi connectivity index (χ0n) is 16.6. The second kappa shape index (κ2) is 8.43. The van der Waals surface area contributed by atoms with E-state index in [0.717, 1.165) is 48.9 Å². The first kappa shape index (κ1) is 19.2. The number of fused-ring (bicyclic) bond motifs is 1. The molecule has 2 amide bonds. The van der Waals surface area contributed by atoms with E-state index in [4.69, 9.17) is 4.74 Å². The van der Waals surface area contributed by atoms with Crippen LogP contribution in [0.5, 0.6) is 5.75 Å². The Morgan fingerprint density at radius 1 is 1.37 bits per heavy atom. The predicted octanol–water partition coefficient (Wildman–Crippen LogP) is 3.17. The molecule has 27 heavy (non-hydrogen) atoms. The molecule has 7 heteroatoms. The van der Waals surface area contributed by atoms with Crippen molar-refractivity contribution >= 4 is 11.7 Å². The molecule has 2 aromatic rings. The van der Waals surface area contributed by atoms with E-state index in [1.807, 2.05) is 35.5 Å². The number of imidazole rings is 1. The summed E-state index contributed by atoms with van der Waals surface area (Å²) in [7, 11) is 3.72. The molecular weight excluding hydrogens is 342 g/mol. The highest BCUT2D eigenvalue weighted by Crippen LogP contribution is 2.21. The Morgan fingerprint density at radius 3 is 2.93 bits per heavy atom. The van der Waals surface area contributed by atoms with Gasteiger partial charge >= 0.3 is 6.03 Å². The number of amides is 2. The number of anilines is 1. The topological polar surface area (TPSA) is 62.6 Å². The van der Waals surface area contributed by atoms with Crippen molar-refractivity contribution in [3.8, 4) is 5.75 Å². The van der Waals surface area contributed by atoms with Crippen molar-refractivity contribution in [3.63, 3.8) is 0 Å². The van der Waals surface area contributed by atoms with Gasteiger partial charge in [-0.25, -0.2) is 9.78 Å². The fourth-order valence-corrected chi connectivity index (χ4v) is 3.14. The molecule has 1 aliphatic heterocycles. The highest BCUT2D eigenvalue weighted by Gasteiger charge is 2.23. The third kappa shape index (κ3) is 4.60. The summed E-state index contributed by atoms with van der Waals surface area (Å²) >= 11 is 0. The molecule has 0 unspecified atom stereocenters. The molecule has 1 N–H and O–H groups in total. The summed E-state index contributed by atoms with van der Waals surface area (Å²) < 4.78 is 7.41. The molecule has 2 heterocycles. The van der Waals surface area contributed by atoms with Crippen molar-refractivity contribution in [2.45, 2.75) is 45.9 Å². The summed E-state index contributed by atoms with van der Waals surface area (Å²) in [6.07, 6.45) is 2.82. The number of aryl methyl sites for hydroxylation is 1. The van der Waals surface area contributed by atoms with Gasteiger partial charge in [-0.2, -0.15) is 0 Å². The highest BCUT2D eigenvalue weighted by molar-refractivity contribution is 5.89. The van der Waals surface area contributed by atoms with Crippen molar-refractivity contribution in [2.75, 3.05) is 26.0 Å². The molecule has 3 rings (SSSR count). The number of aromatic nitrogens is 2. The lowest BCUT2D eigenvalue weighted by Crippen LogP contribution is -2.35. The van der Waals surface area contributed by atoms with Crippen LogP contribution in [0.2, 0.25) is 0 Å². The van der Waals surface area contributed by atoms with Gasteiger partial charge in [-0.15, -0.1) is 0 Å². The minimum absolute atomic E-state index is 0.0962. The van der Waals surface area contributed by atoms with E-state index in [0.29, 0.717) is 12.6 Å². The van der Waals surface area contributed by atoms with Gasteiger partial charge < -0.3 is 19.5 Å². The Labute approximate surface area is 160 Å². The minimum Gasteiger partial charge on any atom is -0.497 e. The lowest BCUT2D eigenvalue weighted by Gasteiger charge is -2.23. The molecule has 1 aromatic carbocycles. The summed E-state index contributed by atoms with van der Waals surface area (Å²) in [5.74, 6) is 0.723. The van der Waals surface area contributed by atoms with Gasteiger partial charge in [-0.05, 0) is 39.4 Å². The summed E-state index contributed by atoms with van der Waals surface area (Å²) in [6.45, 7) is 7.29. The number of methoxy groups -OCH3 is 1. The number of ether oxygens (including phenoxy) is 1. The fraction of sp³-hybridized carbons (Fsp3) is 0.500. The number of benzene rings is 1. The molecule has 1 aromatic heterocycles. The van der Waals surface area contributed by atoms with Gasteiger partial charge in [0, 0.05) is 37.4 Å². The minimum atomic E-state index is -0.0962. The summed E-state index contributed by atoms with van der Waals surface area (Å²) in [4.78, 5) is 21.6. The number of nitrogens with one attached hydrogen (secondary N) is 1. The Morgan fingerprint density at radius 2 is 2.19 bits per heavy atom. The lowest BCUT2D eigenvalue weighted by molar-refractivity contribution is 0.209. The standard InChI is InChI=1S/C20H29N5O2/c1-15(2)23(3)12-18-19-13-24(9-6-10-25(19)14-21-18)20(26)22-16-7-5-8-17(11-16)27-4/h5,7-8,11,14-15H,6,9-10,12-13H2,1-4H3,(H,22,26). The maximum atomic E-state index is 12.8. The van der Waals surface area contributed by atoms with Crippen molar-refractivity contribution in [2.24, 2.45) is 0 Å². The average molecular weight is 371 g/mol. The number of carbonyl (C=O) groups is 1. The van der Waals surface area contributed by atoms with E-state index in [-0.39, 0.29) is 6.03 Å². The zero-order valence-corrected chi connectivity index (χ0v) is 16.6. The van der Waals surface area contributed by atoms with E-state index < -0.39 is 0 Å². The number of hydrogen-bond donors (Lipinski definition) is 1. The van der Waals surface area contributed by atoms with Crippen LogP contribution >= 0.6 is 0 Å². The Bertz CT molecular complexity index is 786. The van der Waals surface area contributed by atoms with Crippen LogP contribution < -0.4 is 10.1 Å². The highest BCUT2D eigenvalue weighted by atomic mass is 16.5. The molecule has 0 spiro atoms. The van der Waals surface area contributed by atoms with Gasteiger partial charge in [0.25, 0.3) is 0 Å². The number of nitrogens with zero attached hydrogens (tertiary/aromatic N) is 4. The van der Waals surface area contributed by atoms with Crippen LogP contribution in [0.15, 0.2) is 30.6 Å². The van der Waals surface area contributed by atoms with Crippen LogP contribution in [0.3, 0.4) is 0 Å². The Kier molecular flexibility index (Phi) is 6.01. The van der Waals surface area contributed by atoms with Crippen LogP contribution in [0.25, 0.3) is 0 Å². The molecule has 0 atom stereocenters. The molecule has 0 radical (unpaired) electrons. The predicted molar refractivity (Wildman–Crippen MR) is 106 cm³/mol. The van der Waals surface area contributed by atoms with Gasteiger partial charge in [0.1, 0.15) is 5.75 Å². The van der Waals surface area contributed by atoms with Crippen molar-refractivity contribution in [1.82, 2.24) is 19.4 Å². The molecule has 0 saturated heterocycles. The van der Waals surface area contributed by atoms with Crippen molar-refractivity contribution in [1.29, 1.82) is 0 Å². The first-order valence-corrected chi connectivity index (χ1v) is 9.41. The van der Waals surface area contributed by atoms with Crippen molar-refractivity contribution in [3.05, 3.63) is 42.0 Å². The third-order valence-corrected chi connectivity index (χ3v) is 5.09. The van der Waals surface area contributed by atoms with Crippen LogP contribution in [0, 0.1) is 0 Å². The van der Waals surface area contributed by atoms with E-state index >= 15 is 0 Å². The fourth-order valence-electron chi connectivity index (χ4n) is 3.14. The second-order valence-electron chi connectivity index (χ2n) is 7.28. The monoisotopic (exact) mass is 371 g/mol. The van der Waals surface area contributed by atoms with Crippen LogP contribution in [-0.2, 0) is 19.6 Å². The van der Waals surface area contributed by atoms with Crippen molar-refractivity contribution < 1.29 is 9.53 Å². The average Bonchev–Trinajstić information content (AvgIpc) is 2.89. The van der Waals surface area contributed by atoms with Gasteiger partial charge in [0.2, 0.25) is 0 Å². The third-order valence-electron chi connectivity index (χ3n) is 5.09. The van der Waals surface area contributed by atoms with Gasteiger partial charge in [-0.1, -0.05) is 6.07 Å². The quantitative estimate of drug-likeness (QED) is 0.877. The van der Waals surface area contributed by atoms with E-state index in [2.05, 4.69) is 40.7 Å². The molecule has 0 fully saturated rings. The first-order valence-electron chi connectivity index (χ1n) is 9.41. The lowest BCUT2D eigenvalue weighted by atomic mass is 10.2. The number of hydrogen-bond acceptors (Lipinski definition) is 4. The van der Waals surface area contributed by atoms with Crippen LogP contribution in [0.4, 0.5) is 10.5 Å². The number of rotatable bonds is 5. The van der Waals surface area contributed by atoms with Gasteiger partial charge in [0.05, 0.1) is 31.4 Å². The molecule has 7 nitrogen and oxygen atoms in total. The normalized spacial score (nSPS) is 14.2. The van der Waals surface area contributed by atoms with Gasteiger partial charge in [0.15, 0.2) is 0 Å². The molecule has 0 saturated carbocycles. The maximum Gasteiger partial charge on any atom is 0.322 e. The summed E-state index contributed by atoms with van der Waals surface area (Å²) in [5.41, 5.74) is 2.91. The van der Waals surface area contributed by atoms with E-state index in [9.17, 15) is 4.79 Å².